The summed E-state index contributed by atoms with van der Waals surface area (Å²) in [6, 6.07) is 18.0. The zero-order valence-electron chi connectivity index (χ0n) is 12.3. The molecule has 0 aliphatic rings. The predicted molar refractivity (Wildman–Crippen MR) is 85.0 cm³/mol. The fraction of sp³-hybridized carbons (Fsp3) is 0.0556. The number of ether oxygens (including phenoxy) is 1. The van der Waals surface area contributed by atoms with E-state index in [1.165, 1.54) is 18.2 Å². The summed E-state index contributed by atoms with van der Waals surface area (Å²) in [4.78, 5) is 12.3. The summed E-state index contributed by atoms with van der Waals surface area (Å²) < 4.78 is 41.2. The summed E-state index contributed by atoms with van der Waals surface area (Å²) in [5, 5.41) is 4.28. The first-order chi connectivity index (χ1) is 11.4. The number of amides is 1. The molecular formula is C18H12F3NO2. The van der Waals surface area contributed by atoms with Crippen LogP contribution in [0.25, 0.3) is 10.8 Å². The van der Waals surface area contributed by atoms with E-state index in [1.807, 2.05) is 24.3 Å². The molecule has 0 bridgehead atoms. The van der Waals surface area contributed by atoms with E-state index in [0.29, 0.717) is 5.56 Å². The first-order valence-electron chi connectivity index (χ1n) is 7.07. The quantitative estimate of drug-likeness (QED) is 0.734. The highest BCUT2D eigenvalue weighted by Crippen LogP contribution is 2.30. The molecule has 0 saturated carbocycles. The third-order valence-electron chi connectivity index (χ3n) is 3.37. The minimum absolute atomic E-state index is 0.0482. The fourth-order valence-electron chi connectivity index (χ4n) is 2.31. The van der Waals surface area contributed by atoms with Gasteiger partial charge in [-0.25, -0.2) is 0 Å². The van der Waals surface area contributed by atoms with Crippen LogP contribution in [0.2, 0.25) is 0 Å². The van der Waals surface area contributed by atoms with Gasteiger partial charge < -0.3 is 10.1 Å². The highest BCUT2D eigenvalue weighted by Gasteiger charge is 2.32. The van der Waals surface area contributed by atoms with E-state index in [0.717, 1.165) is 16.8 Å². The molecule has 0 heterocycles. The number of halogens is 3. The lowest BCUT2D eigenvalue weighted by Crippen LogP contribution is -2.19. The first-order valence-corrected chi connectivity index (χ1v) is 7.07. The first kappa shape index (κ1) is 15.9. The molecule has 6 heteroatoms. The van der Waals surface area contributed by atoms with Crippen LogP contribution >= 0.6 is 0 Å². The lowest BCUT2D eigenvalue weighted by atomic mass is 10.1. The van der Waals surface area contributed by atoms with Gasteiger partial charge in [-0.1, -0.05) is 42.5 Å². The molecule has 0 atom stereocenters. The molecule has 0 unspecified atom stereocenters. The van der Waals surface area contributed by atoms with Crippen molar-refractivity contribution in [2.45, 2.75) is 6.36 Å². The van der Waals surface area contributed by atoms with Gasteiger partial charge in [-0.2, -0.15) is 0 Å². The van der Waals surface area contributed by atoms with Crippen LogP contribution in [-0.2, 0) is 0 Å². The van der Waals surface area contributed by atoms with Gasteiger partial charge in [-0.05, 0) is 35.0 Å². The number of carbonyl (C=O) groups excluding carboxylic acids is 1. The Morgan fingerprint density at radius 1 is 0.875 bits per heavy atom. The highest BCUT2D eigenvalue weighted by molar-refractivity contribution is 6.07. The van der Waals surface area contributed by atoms with Gasteiger partial charge in [0.25, 0.3) is 5.91 Å². The Morgan fingerprint density at radius 3 is 2.29 bits per heavy atom. The van der Waals surface area contributed by atoms with Crippen LogP contribution in [0.5, 0.6) is 5.75 Å². The van der Waals surface area contributed by atoms with Crippen LogP contribution in [0, 0.1) is 0 Å². The topological polar surface area (TPSA) is 38.3 Å². The van der Waals surface area contributed by atoms with Gasteiger partial charge in [0.15, 0.2) is 5.75 Å². The number of para-hydroxylation sites is 2. The molecule has 0 aliphatic carbocycles. The second kappa shape index (κ2) is 6.23. The Kier molecular flexibility index (Phi) is 4.12. The molecule has 3 aromatic carbocycles. The zero-order chi connectivity index (χ0) is 17.2. The van der Waals surface area contributed by atoms with Crippen molar-refractivity contribution in [3.63, 3.8) is 0 Å². The second-order valence-corrected chi connectivity index (χ2v) is 5.06. The standard InChI is InChI=1S/C18H12F3NO2/c19-18(20,21)24-16-8-4-3-7-15(16)22-17(23)14-10-9-12-5-1-2-6-13(12)11-14/h1-11H,(H,22,23). The van der Waals surface area contributed by atoms with Crippen molar-refractivity contribution in [3.05, 3.63) is 72.3 Å². The molecule has 0 aromatic heterocycles. The van der Waals surface area contributed by atoms with Crippen molar-refractivity contribution in [1.29, 1.82) is 0 Å². The summed E-state index contributed by atoms with van der Waals surface area (Å²) in [6.07, 6.45) is -4.83. The van der Waals surface area contributed by atoms with Crippen molar-refractivity contribution in [3.8, 4) is 5.75 Å². The minimum atomic E-state index is -4.83. The third kappa shape index (κ3) is 3.65. The number of anilines is 1. The molecule has 0 aliphatic heterocycles. The summed E-state index contributed by atoms with van der Waals surface area (Å²) in [5.41, 5.74) is 0.295. The number of carbonyl (C=O) groups is 1. The lowest BCUT2D eigenvalue weighted by molar-refractivity contribution is -0.274. The maximum absolute atomic E-state index is 12.4. The SMILES string of the molecule is O=C(Nc1ccccc1OC(F)(F)F)c1ccc2ccccc2c1. The van der Waals surface area contributed by atoms with Gasteiger partial charge in [0.05, 0.1) is 5.69 Å². The van der Waals surface area contributed by atoms with Crippen molar-refractivity contribution in [2.24, 2.45) is 0 Å². The van der Waals surface area contributed by atoms with E-state index in [-0.39, 0.29) is 5.69 Å². The molecule has 3 rings (SSSR count). The van der Waals surface area contributed by atoms with Gasteiger partial charge in [0, 0.05) is 5.56 Å². The molecular weight excluding hydrogens is 319 g/mol. The van der Waals surface area contributed by atoms with Gasteiger partial charge in [-0.3, -0.25) is 4.79 Å². The maximum Gasteiger partial charge on any atom is 0.573 e. The Balaban J connectivity index is 1.86. The van der Waals surface area contributed by atoms with Crippen LogP contribution in [0.1, 0.15) is 10.4 Å². The lowest BCUT2D eigenvalue weighted by Gasteiger charge is -2.14. The zero-order valence-corrected chi connectivity index (χ0v) is 12.3. The monoisotopic (exact) mass is 331 g/mol. The van der Waals surface area contributed by atoms with Crippen LogP contribution < -0.4 is 10.1 Å². The summed E-state index contributed by atoms with van der Waals surface area (Å²) >= 11 is 0. The molecule has 0 fully saturated rings. The Morgan fingerprint density at radius 2 is 1.54 bits per heavy atom. The molecule has 1 amide bonds. The summed E-state index contributed by atoms with van der Waals surface area (Å²) in [5.74, 6) is -0.974. The number of benzene rings is 3. The van der Waals surface area contributed by atoms with Crippen molar-refractivity contribution in [2.75, 3.05) is 5.32 Å². The molecule has 0 spiro atoms. The van der Waals surface area contributed by atoms with Crippen molar-refractivity contribution >= 4 is 22.4 Å². The fourth-order valence-corrected chi connectivity index (χ4v) is 2.31. The Hall–Kier alpha value is -3.02. The van der Waals surface area contributed by atoms with E-state index in [9.17, 15) is 18.0 Å². The maximum atomic E-state index is 12.4. The van der Waals surface area contributed by atoms with E-state index in [1.54, 1.807) is 18.2 Å². The Bertz CT molecular complexity index is 891. The number of alkyl halides is 3. The molecule has 0 radical (unpaired) electrons. The number of hydrogen-bond donors (Lipinski definition) is 1. The van der Waals surface area contributed by atoms with E-state index < -0.39 is 18.0 Å². The van der Waals surface area contributed by atoms with E-state index in [2.05, 4.69) is 10.1 Å². The van der Waals surface area contributed by atoms with Crippen molar-refractivity contribution < 1.29 is 22.7 Å². The third-order valence-corrected chi connectivity index (χ3v) is 3.37. The average Bonchev–Trinajstić information content (AvgIpc) is 2.55. The normalized spacial score (nSPS) is 11.3. The molecule has 1 N–H and O–H groups in total. The van der Waals surface area contributed by atoms with Gasteiger partial charge in [0.2, 0.25) is 0 Å². The number of fused-ring (bicyclic) bond motifs is 1. The molecule has 3 aromatic rings. The van der Waals surface area contributed by atoms with Crippen LogP contribution in [0.3, 0.4) is 0 Å². The summed E-state index contributed by atoms with van der Waals surface area (Å²) in [6.45, 7) is 0. The number of nitrogens with one attached hydrogen (secondary N) is 1. The van der Waals surface area contributed by atoms with Gasteiger partial charge in [-0.15, -0.1) is 13.2 Å². The average molecular weight is 331 g/mol. The predicted octanol–water partition coefficient (Wildman–Crippen LogP) is 4.99. The second-order valence-electron chi connectivity index (χ2n) is 5.06. The van der Waals surface area contributed by atoms with Crippen LogP contribution in [0.15, 0.2) is 66.7 Å². The number of hydrogen-bond acceptors (Lipinski definition) is 2. The molecule has 0 saturated heterocycles. The van der Waals surface area contributed by atoms with Gasteiger partial charge in [0.1, 0.15) is 0 Å². The molecule has 24 heavy (non-hydrogen) atoms. The Labute approximate surface area is 135 Å². The van der Waals surface area contributed by atoms with Gasteiger partial charge >= 0.3 is 6.36 Å². The largest absolute Gasteiger partial charge is 0.573 e. The van der Waals surface area contributed by atoms with Crippen molar-refractivity contribution in [1.82, 2.24) is 0 Å². The molecule has 3 nitrogen and oxygen atoms in total. The van der Waals surface area contributed by atoms with E-state index >= 15 is 0 Å². The van der Waals surface area contributed by atoms with E-state index in [4.69, 9.17) is 0 Å². The molecule has 122 valence electrons. The van der Waals surface area contributed by atoms with Crippen LogP contribution in [-0.4, -0.2) is 12.3 Å². The highest BCUT2D eigenvalue weighted by atomic mass is 19.4. The summed E-state index contributed by atoms with van der Waals surface area (Å²) in [7, 11) is 0. The number of rotatable bonds is 3. The van der Waals surface area contributed by atoms with Crippen LogP contribution in [0.4, 0.5) is 18.9 Å². The smallest absolute Gasteiger partial charge is 0.404 e. The minimum Gasteiger partial charge on any atom is -0.404 e.